The fraction of sp³-hybridized carbons (Fsp3) is 0.545. The lowest BCUT2D eigenvalue weighted by atomic mass is 10.2. The third kappa shape index (κ3) is 4.79. The van der Waals surface area contributed by atoms with Crippen LogP contribution in [0.15, 0.2) is 11.1 Å². The number of halogens is 2. The monoisotopic (exact) mass is 323 g/mol. The van der Waals surface area contributed by atoms with Gasteiger partial charge in [-0.25, -0.2) is 0 Å². The summed E-state index contributed by atoms with van der Waals surface area (Å²) in [4.78, 5) is 0. The molecule has 17 heavy (non-hydrogen) atoms. The first kappa shape index (κ1) is 16.6. The fourth-order valence-corrected chi connectivity index (χ4v) is 1.82. The van der Waals surface area contributed by atoms with Crippen LogP contribution in [-0.4, -0.2) is 28.0 Å². The molecule has 0 atom stereocenters. The molecule has 2 N–H and O–H groups in total. The van der Waals surface area contributed by atoms with Gasteiger partial charge in [0.05, 0.1) is 18.8 Å². The Kier molecular flexibility index (Phi) is 7.70. The Morgan fingerprint density at radius 2 is 2.18 bits per heavy atom. The highest BCUT2D eigenvalue weighted by atomic mass is 79.9. The lowest BCUT2D eigenvalue weighted by molar-refractivity contribution is 0.267. The smallest absolute Gasteiger partial charge is 0.0644 e. The van der Waals surface area contributed by atoms with Crippen molar-refractivity contribution in [2.75, 3.05) is 13.2 Å². The quantitative estimate of drug-likeness (QED) is 0.840. The molecule has 4 nitrogen and oxygen atoms in total. The van der Waals surface area contributed by atoms with Crippen molar-refractivity contribution in [2.24, 2.45) is 0 Å². The van der Waals surface area contributed by atoms with Gasteiger partial charge in [-0.2, -0.15) is 5.10 Å². The summed E-state index contributed by atoms with van der Waals surface area (Å²) in [6.07, 6.45) is 0. The molecule has 0 aliphatic carbocycles. The molecule has 98 valence electrons. The van der Waals surface area contributed by atoms with Crippen LogP contribution in [0, 0.1) is 13.8 Å². The molecule has 1 aromatic rings. The van der Waals surface area contributed by atoms with Crippen LogP contribution < -0.4 is 5.32 Å². The molecule has 0 aromatic carbocycles. The number of aryl methyl sites for hydroxylation is 1. The molecule has 0 aliphatic rings. The van der Waals surface area contributed by atoms with Crippen molar-refractivity contribution in [3.8, 4) is 0 Å². The number of nitrogens with zero attached hydrogens (tertiary/aromatic N) is 2. The zero-order valence-corrected chi connectivity index (χ0v) is 12.6. The van der Waals surface area contributed by atoms with Crippen molar-refractivity contribution in [3.05, 3.63) is 28.0 Å². The molecule has 0 aliphatic heterocycles. The number of rotatable bonds is 6. The normalized spacial score (nSPS) is 10.1. The number of nitrogens with one attached hydrogen (secondary N) is 1. The molecule has 1 heterocycles. The van der Waals surface area contributed by atoms with Crippen molar-refractivity contribution < 1.29 is 5.11 Å². The first-order valence-electron chi connectivity index (χ1n) is 5.24. The minimum atomic E-state index is 0. The van der Waals surface area contributed by atoms with E-state index in [1.165, 1.54) is 5.56 Å². The largest absolute Gasteiger partial charge is 0.394 e. The molecular weight excluding hydrogens is 305 g/mol. The van der Waals surface area contributed by atoms with Gasteiger partial charge in [0, 0.05) is 28.8 Å². The Bertz CT molecular complexity index is 379. The van der Waals surface area contributed by atoms with Gasteiger partial charge >= 0.3 is 0 Å². The van der Waals surface area contributed by atoms with Crippen molar-refractivity contribution in [2.45, 2.75) is 26.9 Å². The third-order valence-corrected chi connectivity index (χ3v) is 2.74. The Morgan fingerprint density at radius 3 is 2.71 bits per heavy atom. The van der Waals surface area contributed by atoms with E-state index < -0.39 is 0 Å². The van der Waals surface area contributed by atoms with Crippen LogP contribution in [0.2, 0.25) is 0 Å². The summed E-state index contributed by atoms with van der Waals surface area (Å²) in [6, 6.07) is 0. The van der Waals surface area contributed by atoms with Gasteiger partial charge in [0.1, 0.15) is 0 Å². The maximum Gasteiger partial charge on any atom is 0.0644 e. The van der Waals surface area contributed by atoms with E-state index in [-0.39, 0.29) is 19.0 Å². The Hall–Kier alpha value is -0.360. The van der Waals surface area contributed by atoms with Crippen LogP contribution >= 0.6 is 28.3 Å². The molecule has 6 heteroatoms. The van der Waals surface area contributed by atoms with Crippen LogP contribution in [-0.2, 0) is 13.1 Å². The summed E-state index contributed by atoms with van der Waals surface area (Å²) < 4.78 is 2.78. The highest BCUT2D eigenvalue weighted by molar-refractivity contribution is 9.11. The maximum absolute atomic E-state index is 8.90. The van der Waals surface area contributed by atoms with Crippen molar-refractivity contribution in [1.82, 2.24) is 15.1 Å². The van der Waals surface area contributed by atoms with Gasteiger partial charge in [-0.3, -0.25) is 4.68 Å². The topological polar surface area (TPSA) is 50.1 Å². The second kappa shape index (κ2) is 7.87. The number of aromatic nitrogens is 2. The predicted octanol–water partition coefficient (Wildman–Crippen LogP) is 1.91. The van der Waals surface area contributed by atoms with Crippen LogP contribution in [0.25, 0.3) is 0 Å². The molecule has 1 aromatic heterocycles. The molecular formula is C11H19BrClN3O. The Morgan fingerprint density at radius 1 is 1.53 bits per heavy atom. The zero-order chi connectivity index (χ0) is 12.1. The van der Waals surface area contributed by atoms with Crippen LogP contribution in [0.3, 0.4) is 0 Å². The average molecular weight is 325 g/mol. The van der Waals surface area contributed by atoms with Crippen LogP contribution in [0.1, 0.15) is 17.0 Å². The number of hydrogen-bond acceptors (Lipinski definition) is 3. The van der Waals surface area contributed by atoms with Crippen molar-refractivity contribution >= 4 is 28.3 Å². The van der Waals surface area contributed by atoms with E-state index >= 15 is 0 Å². The highest BCUT2D eigenvalue weighted by Gasteiger charge is 2.10. The van der Waals surface area contributed by atoms with E-state index in [0.717, 1.165) is 29.0 Å². The molecule has 1 rings (SSSR count). The summed E-state index contributed by atoms with van der Waals surface area (Å²) in [5.41, 5.74) is 3.32. The van der Waals surface area contributed by atoms with E-state index in [1.807, 2.05) is 18.5 Å². The third-order valence-electron chi connectivity index (χ3n) is 2.46. The minimum Gasteiger partial charge on any atom is -0.394 e. The predicted molar refractivity (Wildman–Crippen MR) is 75.8 cm³/mol. The second-order valence-electron chi connectivity index (χ2n) is 3.72. The summed E-state index contributed by atoms with van der Waals surface area (Å²) >= 11 is 3.30. The number of hydrogen-bond donors (Lipinski definition) is 2. The van der Waals surface area contributed by atoms with E-state index in [9.17, 15) is 0 Å². The second-order valence-corrected chi connectivity index (χ2v) is 4.84. The average Bonchev–Trinajstić information content (AvgIpc) is 2.45. The van der Waals surface area contributed by atoms with Crippen molar-refractivity contribution in [1.29, 1.82) is 0 Å². The first-order valence-corrected chi connectivity index (χ1v) is 6.03. The van der Waals surface area contributed by atoms with E-state index in [1.54, 1.807) is 0 Å². The van der Waals surface area contributed by atoms with E-state index in [4.69, 9.17) is 5.11 Å². The molecule has 0 amide bonds. The fourth-order valence-electron chi connectivity index (χ4n) is 1.63. The van der Waals surface area contributed by atoms with Gasteiger partial charge in [-0.1, -0.05) is 22.5 Å². The van der Waals surface area contributed by atoms with Gasteiger partial charge in [0.25, 0.3) is 0 Å². The molecule has 0 bridgehead atoms. The Balaban J connectivity index is 0.00000256. The van der Waals surface area contributed by atoms with E-state index in [0.29, 0.717) is 6.54 Å². The van der Waals surface area contributed by atoms with Gasteiger partial charge in [-0.05, 0) is 13.8 Å². The minimum absolute atomic E-state index is 0. The number of aliphatic hydroxyl groups excluding tert-OH is 1. The summed E-state index contributed by atoms with van der Waals surface area (Å²) in [7, 11) is 0. The van der Waals surface area contributed by atoms with Gasteiger partial charge in [0.2, 0.25) is 0 Å². The SMILES string of the molecule is C=C(Br)CNCc1c(C)nn(CCO)c1C.Cl. The summed E-state index contributed by atoms with van der Waals surface area (Å²) in [5, 5.41) is 16.6. The summed E-state index contributed by atoms with van der Waals surface area (Å²) in [5.74, 6) is 0. The van der Waals surface area contributed by atoms with E-state index in [2.05, 4.69) is 32.9 Å². The molecule has 0 unspecified atom stereocenters. The van der Waals surface area contributed by atoms with Crippen molar-refractivity contribution in [3.63, 3.8) is 0 Å². The van der Waals surface area contributed by atoms with Crippen LogP contribution in [0.4, 0.5) is 0 Å². The lowest BCUT2D eigenvalue weighted by Crippen LogP contribution is -2.15. The molecule has 0 radical (unpaired) electrons. The van der Waals surface area contributed by atoms with Gasteiger partial charge in [-0.15, -0.1) is 12.4 Å². The molecule has 0 saturated carbocycles. The standard InChI is InChI=1S/C11H18BrN3O.ClH/c1-8(12)6-13-7-11-9(2)14-15(4-5-16)10(11)3;/h13,16H,1,4-7H2,2-3H3;1H. The maximum atomic E-state index is 8.90. The Labute approximate surface area is 117 Å². The van der Waals surface area contributed by atoms with Gasteiger partial charge in [0.15, 0.2) is 0 Å². The molecule has 0 fully saturated rings. The lowest BCUT2D eigenvalue weighted by Gasteiger charge is -2.05. The summed E-state index contributed by atoms with van der Waals surface area (Å²) in [6.45, 7) is 9.96. The van der Waals surface area contributed by atoms with Crippen LogP contribution in [0.5, 0.6) is 0 Å². The van der Waals surface area contributed by atoms with Gasteiger partial charge < -0.3 is 10.4 Å². The first-order chi connectivity index (χ1) is 7.56. The number of aliphatic hydroxyl groups is 1. The molecule has 0 saturated heterocycles. The zero-order valence-electron chi connectivity index (χ0n) is 10.2. The molecule has 0 spiro atoms. The highest BCUT2D eigenvalue weighted by Crippen LogP contribution is 2.12.